The van der Waals surface area contributed by atoms with Crippen LogP contribution in [-0.4, -0.2) is 18.7 Å². The summed E-state index contributed by atoms with van der Waals surface area (Å²) in [6, 6.07) is 90.8. The number of benzene rings is 10. The molecule has 77 heavy (non-hydrogen) atoms. The van der Waals surface area contributed by atoms with Crippen LogP contribution in [0.15, 0.2) is 237 Å². The van der Waals surface area contributed by atoms with Crippen molar-refractivity contribution in [3.05, 3.63) is 280 Å². The molecule has 0 unspecified atom stereocenters. The first-order valence-electron chi connectivity index (χ1n) is 26.2. The van der Waals surface area contributed by atoms with Gasteiger partial charge in [0.05, 0.1) is 5.41 Å². The molecule has 3 aromatic heterocycles. The molecule has 0 saturated carbocycles. The summed E-state index contributed by atoms with van der Waals surface area (Å²) in [6.45, 7) is 6.77. The summed E-state index contributed by atoms with van der Waals surface area (Å²) < 4.78 is 14.9. The van der Waals surface area contributed by atoms with Crippen LogP contribution >= 0.6 is 0 Å². The van der Waals surface area contributed by atoms with Crippen molar-refractivity contribution in [3.63, 3.8) is 0 Å². The molecule has 5 nitrogen and oxygen atoms in total. The van der Waals surface area contributed by atoms with Crippen LogP contribution in [-0.2, 0) is 30.2 Å². The van der Waals surface area contributed by atoms with Gasteiger partial charge in [-0.1, -0.05) is 93.6 Å². The van der Waals surface area contributed by atoms with Gasteiger partial charge in [-0.2, -0.15) is 0 Å². The number of pyridine rings is 1. The molecule has 0 radical (unpaired) electrons. The van der Waals surface area contributed by atoms with E-state index >= 15 is 0 Å². The van der Waals surface area contributed by atoms with Crippen LogP contribution in [0, 0.1) is 15.9 Å². The van der Waals surface area contributed by atoms with E-state index < -0.39 is 5.41 Å². The summed E-state index contributed by atoms with van der Waals surface area (Å²) in [7, 11) is 0. The number of rotatable bonds is 7. The summed E-state index contributed by atoms with van der Waals surface area (Å²) in [6.07, 6.45) is 1.95. The van der Waals surface area contributed by atoms with Gasteiger partial charge in [-0.05, 0) is 61.6 Å². The number of hydrogen-bond donors (Lipinski definition) is 0. The van der Waals surface area contributed by atoms with E-state index in [1.54, 1.807) is 0 Å². The van der Waals surface area contributed by atoms with Gasteiger partial charge in [-0.15, -0.1) is 0 Å². The maximum atomic E-state index is 6.92. The van der Waals surface area contributed by atoms with Crippen molar-refractivity contribution < 1.29 is 24.1 Å². The third kappa shape index (κ3) is 6.83. The maximum absolute atomic E-state index is 6.92. The van der Waals surface area contributed by atoms with Gasteiger partial charge in [0.25, 0.3) is 0 Å². The third-order valence-electron chi connectivity index (χ3n) is 16.0. The molecule has 6 heteroatoms. The average Bonchev–Trinajstić information content (AvgIpc) is 4.20. The minimum absolute atomic E-state index is 0.100. The van der Waals surface area contributed by atoms with Crippen LogP contribution < -0.4 is 4.74 Å². The SMILES string of the molecule is CC(C)(C)c1ccnc(-n2c3[c-]c(Oc4[c-]c(-n5[c](=[Pt])n(-c6c(-c7ccccc7)cccc6-c6ccccc6)c6ccccc65)ccc4)ccc3c3cc4c(cc32)C2(c3ccccc3-c3ccccc32)c2ccccc2-4)c1. The predicted molar refractivity (Wildman–Crippen MR) is 308 cm³/mol. The zero-order valence-corrected chi connectivity index (χ0v) is 44.8. The van der Waals surface area contributed by atoms with Crippen LogP contribution in [0.25, 0.3) is 94.5 Å². The molecule has 3 heterocycles. The van der Waals surface area contributed by atoms with E-state index in [4.69, 9.17) is 9.72 Å². The summed E-state index contributed by atoms with van der Waals surface area (Å²) in [4.78, 5) is 5.14. The summed E-state index contributed by atoms with van der Waals surface area (Å²) >= 11 is 2.49. The first kappa shape index (κ1) is 45.5. The Morgan fingerprint density at radius 3 is 1.62 bits per heavy atom. The van der Waals surface area contributed by atoms with Gasteiger partial charge in [0.1, 0.15) is 0 Å². The molecule has 2 aliphatic carbocycles. The first-order valence-corrected chi connectivity index (χ1v) is 27.3. The van der Waals surface area contributed by atoms with Gasteiger partial charge in [0, 0.05) is 6.20 Å². The number of fused-ring (bicyclic) bond motifs is 14. The molecule has 15 rings (SSSR count). The molecule has 0 saturated heterocycles. The normalized spacial score (nSPS) is 13.1. The molecule has 370 valence electrons. The minimum atomic E-state index is -0.494. The molecule has 0 aliphatic heterocycles. The molecule has 13 aromatic rings. The smallest absolute Gasteiger partial charge is 0.0619 e. The van der Waals surface area contributed by atoms with E-state index in [2.05, 4.69) is 284 Å². The second-order valence-corrected chi connectivity index (χ2v) is 22.2. The summed E-state index contributed by atoms with van der Waals surface area (Å²) in [5.74, 6) is 2.00. The molecule has 10 aromatic carbocycles. The van der Waals surface area contributed by atoms with Crippen molar-refractivity contribution in [2.45, 2.75) is 31.6 Å². The van der Waals surface area contributed by atoms with Gasteiger partial charge in [0.2, 0.25) is 0 Å². The minimum Gasteiger partial charge on any atom is -0.0619 e. The summed E-state index contributed by atoms with van der Waals surface area (Å²) in [5.41, 5.74) is 21.6. The Bertz CT molecular complexity index is 4510. The monoisotopic (exact) mass is 1170 g/mol. The Balaban J connectivity index is 0.903. The van der Waals surface area contributed by atoms with Crippen LogP contribution in [0.1, 0.15) is 48.6 Å². The van der Waals surface area contributed by atoms with Gasteiger partial charge in [-0.3, -0.25) is 0 Å². The van der Waals surface area contributed by atoms with Crippen LogP contribution in [0.2, 0.25) is 0 Å². The summed E-state index contributed by atoms with van der Waals surface area (Å²) in [5, 5.41) is 2.21. The van der Waals surface area contributed by atoms with E-state index in [-0.39, 0.29) is 5.41 Å². The molecule has 1 spiro atoms. The molecular weight excluding hydrogens is 1120 g/mol. The Morgan fingerprint density at radius 1 is 0.442 bits per heavy atom. The number of para-hydroxylation sites is 3. The van der Waals surface area contributed by atoms with Crippen LogP contribution in [0.3, 0.4) is 0 Å². The van der Waals surface area contributed by atoms with Gasteiger partial charge in [0.15, 0.2) is 0 Å². The van der Waals surface area contributed by atoms with E-state index in [0.29, 0.717) is 11.5 Å². The van der Waals surface area contributed by atoms with Crippen LogP contribution in [0.4, 0.5) is 0 Å². The Kier molecular flexibility index (Phi) is 10.2. The zero-order chi connectivity index (χ0) is 51.6. The number of nitrogens with zero attached hydrogens (tertiary/aromatic N) is 4. The fraction of sp³-hybridized carbons (Fsp3) is 0.0704. The van der Waals surface area contributed by atoms with Crippen molar-refractivity contribution in [3.8, 4) is 73.2 Å². The number of aromatic nitrogens is 4. The second-order valence-electron chi connectivity index (χ2n) is 21.2. The number of imidazole rings is 1. The van der Waals surface area contributed by atoms with Gasteiger partial charge >= 0.3 is 294 Å². The second kappa shape index (κ2) is 17.3. The average molecular weight is 1170 g/mol. The van der Waals surface area contributed by atoms with E-state index in [9.17, 15) is 0 Å². The van der Waals surface area contributed by atoms with Crippen LogP contribution in [0.5, 0.6) is 11.5 Å². The van der Waals surface area contributed by atoms with Crippen molar-refractivity contribution in [2.24, 2.45) is 0 Å². The van der Waals surface area contributed by atoms with E-state index in [1.165, 1.54) is 50.1 Å². The fourth-order valence-corrected chi connectivity index (χ4v) is 13.7. The molecule has 0 amide bonds. The Labute approximate surface area is 458 Å². The molecule has 0 atom stereocenters. The quantitative estimate of drug-likeness (QED) is 0.149. The topological polar surface area (TPSA) is 36.9 Å². The van der Waals surface area contributed by atoms with Gasteiger partial charge < -0.3 is 0 Å². The van der Waals surface area contributed by atoms with E-state index in [0.717, 1.165) is 76.1 Å². The Morgan fingerprint density at radius 2 is 0.987 bits per heavy atom. The first-order chi connectivity index (χ1) is 37.8. The predicted octanol–water partition coefficient (Wildman–Crippen LogP) is 17.4. The standard InChI is InChI=1S/C71H48N4O.Pt/c1-70(2,3)48-38-39-72-68(40-48)75-66-42-51(36-37-57(66)59-43-58-56-28-12-15-33-62(56)71(63(58)44-67(59)75)60-31-13-10-26-54(60)55-27-11-14-32-61(55)71)76-50-25-18-24-49(41-50)73-45-74(65-35-17-16-34-64(65)73)69-52(46-20-6-4-7-21-46)29-19-30-53(69)47-22-8-5-9-23-47;/h4-40,43-44H,1-3H3;/q-2;. The van der Waals surface area contributed by atoms with Crippen molar-refractivity contribution in [2.75, 3.05) is 0 Å². The Hall–Kier alpha value is -8.89. The molecule has 0 bridgehead atoms. The number of ether oxygens (including phenoxy) is 1. The fourth-order valence-electron chi connectivity index (χ4n) is 12.6. The molecule has 0 fully saturated rings. The third-order valence-corrected chi connectivity index (χ3v) is 17.0. The number of hydrogen-bond acceptors (Lipinski definition) is 2. The molecule has 2 aliphatic rings. The zero-order valence-electron chi connectivity index (χ0n) is 42.5. The van der Waals surface area contributed by atoms with E-state index in [1.807, 2.05) is 18.3 Å². The van der Waals surface area contributed by atoms with Crippen molar-refractivity contribution in [1.82, 2.24) is 18.7 Å². The van der Waals surface area contributed by atoms with Crippen molar-refractivity contribution in [1.29, 1.82) is 0 Å². The van der Waals surface area contributed by atoms with Gasteiger partial charge in [-0.25, -0.2) is 0 Å². The van der Waals surface area contributed by atoms with Crippen molar-refractivity contribution >= 4 is 32.8 Å². The molecule has 0 N–H and O–H groups in total. The molecular formula is C71H48N4OPt-2.